The molecule has 0 atom stereocenters. The molecule has 1 aliphatic rings. The number of nitrogens with one attached hydrogen (secondary N) is 1. The molecule has 0 unspecified atom stereocenters. The normalized spacial score (nSPS) is 16.2. The van der Waals surface area contributed by atoms with E-state index in [9.17, 15) is 4.79 Å². The van der Waals surface area contributed by atoms with Crippen molar-refractivity contribution in [2.75, 3.05) is 31.1 Å². The third-order valence-electron chi connectivity index (χ3n) is 3.22. The quantitative estimate of drug-likeness (QED) is 0.864. The molecular formula is C15H22ClN3O. The summed E-state index contributed by atoms with van der Waals surface area (Å²) in [6, 6.07) is 7.86. The molecule has 5 heteroatoms. The highest BCUT2D eigenvalue weighted by atomic mass is 35.5. The van der Waals surface area contributed by atoms with Gasteiger partial charge in [-0.15, -0.1) is 0 Å². The first kappa shape index (κ1) is 15.0. The number of piperazine rings is 1. The predicted molar refractivity (Wildman–Crippen MR) is 83.5 cm³/mol. The fourth-order valence-corrected chi connectivity index (χ4v) is 2.42. The van der Waals surface area contributed by atoms with Gasteiger partial charge in [0.1, 0.15) is 0 Å². The summed E-state index contributed by atoms with van der Waals surface area (Å²) in [5.41, 5.74) is 0.926. The summed E-state index contributed by atoms with van der Waals surface area (Å²) in [4.78, 5) is 16.2. The lowest BCUT2D eigenvalue weighted by Gasteiger charge is -2.37. The second kappa shape index (κ2) is 5.92. The van der Waals surface area contributed by atoms with Gasteiger partial charge < -0.3 is 15.1 Å². The average Bonchev–Trinajstić information content (AvgIpc) is 2.37. The summed E-state index contributed by atoms with van der Waals surface area (Å²) in [6.45, 7) is 9.10. The van der Waals surface area contributed by atoms with Crippen LogP contribution in [0.25, 0.3) is 0 Å². The van der Waals surface area contributed by atoms with Gasteiger partial charge in [-0.05, 0) is 39.0 Å². The highest BCUT2D eigenvalue weighted by molar-refractivity contribution is 6.30. The molecule has 2 rings (SSSR count). The van der Waals surface area contributed by atoms with Crippen molar-refractivity contribution in [2.24, 2.45) is 0 Å². The molecule has 1 heterocycles. The van der Waals surface area contributed by atoms with Gasteiger partial charge in [-0.2, -0.15) is 0 Å². The molecule has 0 aromatic heterocycles. The largest absolute Gasteiger partial charge is 0.368 e. The number of carbonyl (C=O) groups excluding carboxylic acids is 1. The van der Waals surface area contributed by atoms with Crippen molar-refractivity contribution in [1.29, 1.82) is 0 Å². The van der Waals surface area contributed by atoms with E-state index in [1.807, 2.05) is 43.9 Å². The summed E-state index contributed by atoms with van der Waals surface area (Å²) < 4.78 is 0. The number of nitrogens with zero attached hydrogens (tertiary/aromatic N) is 2. The van der Waals surface area contributed by atoms with Crippen molar-refractivity contribution in [3.8, 4) is 0 Å². The number of carbonyl (C=O) groups is 1. The van der Waals surface area contributed by atoms with Crippen LogP contribution in [0.15, 0.2) is 24.3 Å². The fourth-order valence-electron chi connectivity index (χ4n) is 2.24. The highest BCUT2D eigenvalue weighted by Gasteiger charge is 2.24. The molecule has 1 fully saturated rings. The number of benzene rings is 1. The first-order chi connectivity index (χ1) is 9.35. The second-order valence-electron chi connectivity index (χ2n) is 6.13. The van der Waals surface area contributed by atoms with E-state index in [1.54, 1.807) is 0 Å². The van der Waals surface area contributed by atoms with Crippen LogP contribution in [0.2, 0.25) is 5.02 Å². The van der Waals surface area contributed by atoms with Crippen LogP contribution in [0.1, 0.15) is 20.8 Å². The lowest BCUT2D eigenvalue weighted by atomic mass is 10.1. The van der Waals surface area contributed by atoms with E-state index in [4.69, 9.17) is 11.6 Å². The molecule has 1 aliphatic heterocycles. The zero-order valence-electron chi connectivity index (χ0n) is 12.3. The summed E-state index contributed by atoms with van der Waals surface area (Å²) in [5.74, 6) is 0. The van der Waals surface area contributed by atoms with Crippen LogP contribution < -0.4 is 10.2 Å². The third kappa shape index (κ3) is 4.04. The first-order valence-electron chi connectivity index (χ1n) is 6.93. The molecular weight excluding hydrogens is 274 g/mol. The number of rotatable bonds is 1. The van der Waals surface area contributed by atoms with E-state index in [0.717, 1.165) is 36.9 Å². The van der Waals surface area contributed by atoms with Gasteiger partial charge in [0.05, 0.1) is 0 Å². The number of hydrogen-bond donors (Lipinski definition) is 1. The van der Waals surface area contributed by atoms with E-state index >= 15 is 0 Å². The van der Waals surface area contributed by atoms with Crippen LogP contribution in [0.3, 0.4) is 0 Å². The minimum Gasteiger partial charge on any atom is -0.368 e. The Morgan fingerprint density at radius 3 is 2.40 bits per heavy atom. The monoisotopic (exact) mass is 295 g/mol. The molecule has 0 bridgehead atoms. The van der Waals surface area contributed by atoms with E-state index in [1.165, 1.54) is 0 Å². The van der Waals surface area contributed by atoms with Crippen LogP contribution >= 0.6 is 11.6 Å². The Labute approximate surface area is 125 Å². The van der Waals surface area contributed by atoms with Crippen molar-refractivity contribution in [3.05, 3.63) is 29.3 Å². The summed E-state index contributed by atoms with van der Waals surface area (Å²) in [5, 5.41) is 3.75. The number of anilines is 1. The van der Waals surface area contributed by atoms with Crippen molar-refractivity contribution in [1.82, 2.24) is 10.2 Å². The maximum absolute atomic E-state index is 12.1. The second-order valence-corrected chi connectivity index (χ2v) is 6.57. The molecule has 0 spiro atoms. The van der Waals surface area contributed by atoms with Gasteiger partial charge in [0.25, 0.3) is 0 Å². The standard InChI is InChI=1S/C15H22ClN3O/c1-15(2,3)17-14(20)19-9-7-18(8-10-19)13-6-4-5-12(16)11-13/h4-6,11H,7-10H2,1-3H3,(H,17,20). The molecule has 20 heavy (non-hydrogen) atoms. The van der Waals surface area contributed by atoms with Gasteiger partial charge >= 0.3 is 6.03 Å². The predicted octanol–water partition coefficient (Wildman–Crippen LogP) is 2.97. The van der Waals surface area contributed by atoms with Crippen molar-refractivity contribution >= 4 is 23.3 Å². The highest BCUT2D eigenvalue weighted by Crippen LogP contribution is 2.20. The van der Waals surface area contributed by atoms with Gasteiger partial charge in [0.15, 0.2) is 0 Å². The van der Waals surface area contributed by atoms with Gasteiger partial charge in [-0.25, -0.2) is 4.79 Å². The zero-order valence-corrected chi connectivity index (χ0v) is 13.1. The van der Waals surface area contributed by atoms with E-state index < -0.39 is 0 Å². The fraction of sp³-hybridized carbons (Fsp3) is 0.533. The first-order valence-corrected chi connectivity index (χ1v) is 7.30. The molecule has 0 radical (unpaired) electrons. The minimum absolute atomic E-state index is 0.0169. The Morgan fingerprint density at radius 1 is 1.20 bits per heavy atom. The summed E-state index contributed by atoms with van der Waals surface area (Å²) in [7, 11) is 0. The van der Waals surface area contributed by atoms with Crippen LogP contribution in [-0.4, -0.2) is 42.6 Å². The van der Waals surface area contributed by atoms with Crippen LogP contribution in [0.4, 0.5) is 10.5 Å². The summed E-state index contributed by atoms with van der Waals surface area (Å²) >= 11 is 6.01. The molecule has 0 aliphatic carbocycles. The van der Waals surface area contributed by atoms with Crippen LogP contribution in [0.5, 0.6) is 0 Å². The Balaban J connectivity index is 1.91. The Morgan fingerprint density at radius 2 is 1.85 bits per heavy atom. The maximum Gasteiger partial charge on any atom is 0.317 e. The van der Waals surface area contributed by atoms with Gasteiger partial charge in [-0.1, -0.05) is 17.7 Å². The molecule has 4 nitrogen and oxygen atoms in total. The number of amides is 2. The molecule has 0 saturated carbocycles. The molecule has 1 N–H and O–H groups in total. The number of halogens is 1. The van der Waals surface area contributed by atoms with Crippen molar-refractivity contribution < 1.29 is 4.79 Å². The number of hydrogen-bond acceptors (Lipinski definition) is 2. The van der Waals surface area contributed by atoms with Crippen LogP contribution in [-0.2, 0) is 0 Å². The molecule has 2 amide bonds. The van der Waals surface area contributed by atoms with Crippen LogP contribution in [0, 0.1) is 0 Å². The zero-order chi connectivity index (χ0) is 14.8. The summed E-state index contributed by atoms with van der Waals surface area (Å²) in [6.07, 6.45) is 0. The minimum atomic E-state index is -0.193. The average molecular weight is 296 g/mol. The molecule has 1 aromatic rings. The van der Waals surface area contributed by atoms with E-state index in [-0.39, 0.29) is 11.6 Å². The molecule has 1 aromatic carbocycles. The van der Waals surface area contributed by atoms with E-state index in [2.05, 4.69) is 16.3 Å². The lowest BCUT2D eigenvalue weighted by Crippen LogP contribution is -2.55. The van der Waals surface area contributed by atoms with Gasteiger partial charge in [0, 0.05) is 42.4 Å². The van der Waals surface area contributed by atoms with Crippen molar-refractivity contribution in [3.63, 3.8) is 0 Å². The Hall–Kier alpha value is -1.42. The van der Waals surface area contributed by atoms with Gasteiger partial charge in [-0.3, -0.25) is 0 Å². The smallest absolute Gasteiger partial charge is 0.317 e. The van der Waals surface area contributed by atoms with Gasteiger partial charge in [0.2, 0.25) is 0 Å². The molecule has 1 saturated heterocycles. The Kier molecular flexibility index (Phi) is 4.43. The molecule has 110 valence electrons. The lowest BCUT2D eigenvalue weighted by molar-refractivity contribution is 0.185. The maximum atomic E-state index is 12.1. The SMILES string of the molecule is CC(C)(C)NC(=O)N1CCN(c2cccc(Cl)c2)CC1. The van der Waals surface area contributed by atoms with E-state index in [0.29, 0.717) is 0 Å². The Bertz CT molecular complexity index is 476. The topological polar surface area (TPSA) is 35.6 Å². The number of urea groups is 1. The van der Waals surface area contributed by atoms with Crippen molar-refractivity contribution in [2.45, 2.75) is 26.3 Å². The third-order valence-corrected chi connectivity index (χ3v) is 3.46.